The largest absolute Gasteiger partial charge is 0.481 e. The van der Waals surface area contributed by atoms with Crippen molar-refractivity contribution in [3.05, 3.63) is 59.7 Å². The SMILES string of the molecule is O=C(O)CC1(c2cc(-c3ccc(F)cc3)ccc2F)CC1. The number of rotatable bonds is 4. The Kier molecular flexibility index (Phi) is 3.24. The summed E-state index contributed by atoms with van der Waals surface area (Å²) in [4.78, 5) is 11.0. The summed E-state index contributed by atoms with van der Waals surface area (Å²) >= 11 is 0. The molecule has 1 N–H and O–H groups in total. The predicted molar refractivity (Wildman–Crippen MR) is 75.0 cm³/mol. The second kappa shape index (κ2) is 4.95. The summed E-state index contributed by atoms with van der Waals surface area (Å²) in [5, 5.41) is 8.99. The fraction of sp³-hybridized carbons (Fsp3) is 0.235. The van der Waals surface area contributed by atoms with E-state index in [0.29, 0.717) is 18.4 Å². The molecule has 0 saturated heterocycles. The van der Waals surface area contributed by atoms with E-state index >= 15 is 0 Å². The van der Waals surface area contributed by atoms with Crippen LogP contribution in [0.2, 0.25) is 0 Å². The molecule has 0 bridgehead atoms. The van der Waals surface area contributed by atoms with Gasteiger partial charge in [-0.15, -0.1) is 0 Å². The Bertz CT molecular complexity index is 688. The number of carbonyl (C=O) groups is 1. The summed E-state index contributed by atoms with van der Waals surface area (Å²) < 4.78 is 27.0. The van der Waals surface area contributed by atoms with Crippen molar-refractivity contribution in [1.29, 1.82) is 0 Å². The zero-order valence-electron chi connectivity index (χ0n) is 11.3. The maximum atomic E-state index is 14.1. The molecule has 2 aromatic carbocycles. The maximum Gasteiger partial charge on any atom is 0.304 e. The van der Waals surface area contributed by atoms with Gasteiger partial charge >= 0.3 is 5.97 Å². The third-order valence-electron chi connectivity index (χ3n) is 4.06. The normalized spacial score (nSPS) is 15.7. The lowest BCUT2D eigenvalue weighted by Gasteiger charge is -2.15. The topological polar surface area (TPSA) is 37.3 Å². The highest BCUT2D eigenvalue weighted by molar-refractivity contribution is 5.71. The Morgan fingerprint density at radius 1 is 1.05 bits per heavy atom. The molecule has 21 heavy (non-hydrogen) atoms. The van der Waals surface area contributed by atoms with E-state index in [1.807, 2.05) is 0 Å². The van der Waals surface area contributed by atoms with E-state index in [1.54, 1.807) is 24.3 Å². The van der Waals surface area contributed by atoms with Crippen molar-refractivity contribution in [3.8, 4) is 11.1 Å². The number of carboxylic acid groups (broad SMARTS) is 1. The smallest absolute Gasteiger partial charge is 0.304 e. The second-order valence-corrected chi connectivity index (χ2v) is 5.55. The summed E-state index contributed by atoms with van der Waals surface area (Å²) in [6.45, 7) is 0. The summed E-state index contributed by atoms with van der Waals surface area (Å²) in [6, 6.07) is 10.6. The fourth-order valence-electron chi connectivity index (χ4n) is 2.74. The Hall–Kier alpha value is -2.23. The monoisotopic (exact) mass is 288 g/mol. The molecule has 0 atom stereocenters. The molecule has 0 radical (unpaired) electrons. The second-order valence-electron chi connectivity index (χ2n) is 5.55. The van der Waals surface area contributed by atoms with Crippen LogP contribution < -0.4 is 0 Å². The van der Waals surface area contributed by atoms with Crippen LogP contribution in [-0.4, -0.2) is 11.1 Å². The van der Waals surface area contributed by atoms with Gasteiger partial charge in [0, 0.05) is 5.41 Å². The molecule has 1 saturated carbocycles. The molecule has 1 aliphatic carbocycles. The first-order valence-electron chi connectivity index (χ1n) is 6.78. The van der Waals surface area contributed by atoms with E-state index in [0.717, 1.165) is 11.1 Å². The first kappa shape index (κ1) is 13.7. The van der Waals surface area contributed by atoms with Gasteiger partial charge in [-0.05, 0) is 53.8 Å². The van der Waals surface area contributed by atoms with Crippen LogP contribution in [0.3, 0.4) is 0 Å². The molecule has 0 heterocycles. The van der Waals surface area contributed by atoms with Crippen LogP contribution in [-0.2, 0) is 10.2 Å². The van der Waals surface area contributed by atoms with Crippen molar-refractivity contribution in [2.75, 3.05) is 0 Å². The van der Waals surface area contributed by atoms with E-state index in [2.05, 4.69) is 0 Å². The third kappa shape index (κ3) is 2.66. The van der Waals surface area contributed by atoms with Gasteiger partial charge in [0.05, 0.1) is 6.42 Å². The maximum absolute atomic E-state index is 14.1. The zero-order valence-corrected chi connectivity index (χ0v) is 11.3. The van der Waals surface area contributed by atoms with Crippen LogP contribution in [0.25, 0.3) is 11.1 Å². The number of hydrogen-bond acceptors (Lipinski definition) is 1. The molecular weight excluding hydrogens is 274 g/mol. The fourth-order valence-corrected chi connectivity index (χ4v) is 2.74. The molecular formula is C17H14F2O2. The Balaban J connectivity index is 2.01. The number of hydrogen-bond donors (Lipinski definition) is 1. The molecule has 2 aromatic rings. The average Bonchev–Trinajstić information content (AvgIpc) is 3.20. The lowest BCUT2D eigenvalue weighted by molar-refractivity contribution is -0.137. The third-order valence-corrected chi connectivity index (χ3v) is 4.06. The van der Waals surface area contributed by atoms with Crippen molar-refractivity contribution in [1.82, 2.24) is 0 Å². The van der Waals surface area contributed by atoms with E-state index in [-0.39, 0.29) is 18.1 Å². The number of benzene rings is 2. The van der Waals surface area contributed by atoms with Crippen LogP contribution in [0.5, 0.6) is 0 Å². The first-order chi connectivity index (χ1) is 10.00. The van der Waals surface area contributed by atoms with Crippen molar-refractivity contribution in [3.63, 3.8) is 0 Å². The van der Waals surface area contributed by atoms with Crippen molar-refractivity contribution >= 4 is 5.97 Å². The van der Waals surface area contributed by atoms with E-state index in [4.69, 9.17) is 5.11 Å². The molecule has 4 heteroatoms. The minimum Gasteiger partial charge on any atom is -0.481 e. The van der Waals surface area contributed by atoms with Crippen molar-refractivity contribution in [2.24, 2.45) is 0 Å². The van der Waals surface area contributed by atoms with Gasteiger partial charge in [-0.25, -0.2) is 8.78 Å². The minimum absolute atomic E-state index is 0.0587. The average molecular weight is 288 g/mol. The van der Waals surface area contributed by atoms with Crippen LogP contribution >= 0.6 is 0 Å². The summed E-state index contributed by atoms with van der Waals surface area (Å²) in [7, 11) is 0. The number of carboxylic acids is 1. The summed E-state index contributed by atoms with van der Waals surface area (Å²) in [6.07, 6.45) is 1.31. The number of aliphatic carboxylic acids is 1. The lowest BCUT2D eigenvalue weighted by atomic mass is 9.89. The van der Waals surface area contributed by atoms with Crippen molar-refractivity contribution in [2.45, 2.75) is 24.7 Å². The molecule has 0 aliphatic heterocycles. The van der Waals surface area contributed by atoms with Gasteiger partial charge in [-0.3, -0.25) is 4.79 Å². The van der Waals surface area contributed by atoms with Crippen LogP contribution in [0, 0.1) is 11.6 Å². The number of halogens is 2. The molecule has 0 spiro atoms. The quantitative estimate of drug-likeness (QED) is 0.918. The van der Waals surface area contributed by atoms with Crippen molar-refractivity contribution < 1.29 is 18.7 Å². The Morgan fingerprint density at radius 3 is 2.24 bits per heavy atom. The summed E-state index contributed by atoms with van der Waals surface area (Å²) in [5.74, 6) is -1.62. The molecule has 0 amide bonds. The molecule has 0 aromatic heterocycles. The first-order valence-corrected chi connectivity index (χ1v) is 6.78. The summed E-state index contributed by atoms with van der Waals surface area (Å²) in [5.41, 5.74) is 1.42. The highest BCUT2D eigenvalue weighted by atomic mass is 19.1. The van der Waals surface area contributed by atoms with E-state index in [1.165, 1.54) is 18.2 Å². The predicted octanol–water partition coefficient (Wildman–Crippen LogP) is 4.14. The van der Waals surface area contributed by atoms with Gasteiger partial charge in [-0.2, -0.15) is 0 Å². The molecule has 108 valence electrons. The Labute approximate surface area is 121 Å². The molecule has 3 rings (SSSR count). The molecule has 1 fully saturated rings. The van der Waals surface area contributed by atoms with Gasteiger partial charge in [0.2, 0.25) is 0 Å². The molecule has 2 nitrogen and oxygen atoms in total. The van der Waals surface area contributed by atoms with Crippen LogP contribution in [0.4, 0.5) is 8.78 Å². The van der Waals surface area contributed by atoms with Gasteiger partial charge in [-0.1, -0.05) is 18.2 Å². The molecule has 0 unspecified atom stereocenters. The van der Waals surface area contributed by atoms with Gasteiger partial charge in [0.15, 0.2) is 0 Å². The van der Waals surface area contributed by atoms with Crippen LogP contribution in [0.1, 0.15) is 24.8 Å². The highest BCUT2D eigenvalue weighted by Crippen LogP contribution is 2.52. The lowest BCUT2D eigenvalue weighted by Crippen LogP contribution is -2.14. The zero-order chi connectivity index (χ0) is 15.0. The standard InChI is InChI=1S/C17H14F2O2/c18-13-4-1-11(2-5-13)12-3-6-15(19)14(9-12)17(7-8-17)10-16(20)21/h1-6,9H,7-8,10H2,(H,20,21). The van der Waals surface area contributed by atoms with Crippen LogP contribution in [0.15, 0.2) is 42.5 Å². The molecule has 1 aliphatic rings. The minimum atomic E-state index is -0.918. The van der Waals surface area contributed by atoms with Gasteiger partial charge < -0.3 is 5.11 Å². The van der Waals surface area contributed by atoms with Gasteiger partial charge in [0.1, 0.15) is 11.6 Å². The Morgan fingerprint density at radius 2 is 1.67 bits per heavy atom. The van der Waals surface area contributed by atoms with E-state index in [9.17, 15) is 13.6 Å². The van der Waals surface area contributed by atoms with E-state index < -0.39 is 11.4 Å². The highest BCUT2D eigenvalue weighted by Gasteiger charge is 2.47. The van der Waals surface area contributed by atoms with Gasteiger partial charge in [0.25, 0.3) is 0 Å².